The van der Waals surface area contributed by atoms with Crippen molar-refractivity contribution in [3.63, 3.8) is 0 Å². The highest BCUT2D eigenvalue weighted by Gasteiger charge is 2.06. The van der Waals surface area contributed by atoms with Crippen LogP contribution in [0.5, 0.6) is 0 Å². The molecule has 78 valence electrons. The molecule has 14 heavy (non-hydrogen) atoms. The molecule has 1 unspecified atom stereocenters. The number of rotatable bonds is 4. The van der Waals surface area contributed by atoms with Crippen molar-refractivity contribution in [2.45, 2.75) is 17.9 Å². The van der Waals surface area contributed by atoms with Crippen molar-refractivity contribution < 1.29 is 4.39 Å². The van der Waals surface area contributed by atoms with Crippen LogP contribution in [0.3, 0.4) is 0 Å². The van der Waals surface area contributed by atoms with E-state index in [0.29, 0.717) is 16.3 Å². The lowest BCUT2D eigenvalue weighted by Crippen LogP contribution is -2.12. The van der Waals surface area contributed by atoms with Gasteiger partial charge < -0.3 is 5.73 Å². The first-order chi connectivity index (χ1) is 6.65. The first-order valence-electron chi connectivity index (χ1n) is 4.39. The fraction of sp³-hybridized carbons (Fsp3) is 0.400. The smallest absolute Gasteiger partial charge is 0.137 e. The molecule has 1 aromatic carbocycles. The van der Waals surface area contributed by atoms with Gasteiger partial charge in [-0.2, -0.15) is 11.8 Å². The second-order valence-corrected chi connectivity index (χ2v) is 5.29. The van der Waals surface area contributed by atoms with Gasteiger partial charge in [-0.1, -0.05) is 19.1 Å². The summed E-state index contributed by atoms with van der Waals surface area (Å²) in [6.07, 6.45) is 0. The summed E-state index contributed by atoms with van der Waals surface area (Å²) in [7, 11) is 0. The lowest BCUT2D eigenvalue weighted by Gasteiger charge is -2.09. The SMILES string of the molecule is CC(CN)SCc1cccc(F)c1Br. The van der Waals surface area contributed by atoms with Crippen molar-refractivity contribution in [3.8, 4) is 0 Å². The van der Waals surface area contributed by atoms with Crippen LogP contribution in [-0.4, -0.2) is 11.8 Å². The van der Waals surface area contributed by atoms with E-state index in [1.807, 2.05) is 6.07 Å². The molecule has 1 nitrogen and oxygen atoms in total. The summed E-state index contributed by atoms with van der Waals surface area (Å²) in [6, 6.07) is 5.09. The van der Waals surface area contributed by atoms with Gasteiger partial charge in [-0.15, -0.1) is 0 Å². The highest BCUT2D eigenvalue weighted by atomic mass is 79.9. The van der Waals surface area contributed by atoms with Gasteiger partial charge in [0.05, 0.1) is 4.47 Å². The maximum absolute atomic E-state index is 13.1. The van der Waals surface area contributed by atoms with E-state index in [1.165, 1.54) is 6.07 Å². The molecule has 0 fully saturated rings. The third kappa shape index (κ3) is 3.26. The van der Waals surface area contributed by atoms with Crippen LogP contribution in [0.4, 0.5) is 4.39 Å². The standard InChI is InChI=1S/C10H13BrFNS/c1-7(5-13)14-6-8-3-2-4-9(12)10(8)11/h2-4,7H,5-6,13H2,1H3. The molecule has 1 rings (SSSR count). The molecule has 1 atom stereocenters. The van der Waals surface area contributed by atoms with Gasteiger partial charge in [0.25, 0.3) is 0 Å². The molecule has 0 amide bonds. The lowest BCUT2D eigenvalue weighted by molar-refractivity contribution is 0.619. The number of nitrogens with two attached hydrogens (primary N) is 1. The maximum atomic E-state index is 13.1. The minimum Gasteiger partial charge on any atom is -0.329 e. The Kier molecular flexibility index (Phi) is 4.92. The van der Waals surface area contributed by atoms with Crippen molar-refractivity contribution in [2.24, 2.45) is 5.73 Å². The molecule has 0 spiro atoms. The van der Waals surface area contributed by atoms with E-state index < -0.39 is 0 Å². The molecule has 0 aliphatic rings. The van der Waals surface area contributed by atoms with Crippen molar-refractivity contribution in [1.82, 2.24) is 0 Å². The van der Waals surface area contributed by atoms with Crippen LogP contribution in [0.25, 0.3) is 0 Å². The maximum Gasteiger partial charge on any atom is 0.137 e. The van der Waals surface area contributed by atoms with E-state index in [9.17, 15) is 4.39 Å². The minimum atomic E-state index is -0.205. The highest BCUT2D eigenvalue weighted by Crippen LogP contribution is 2.25. The van der Waals surface area contributed by atoms with E-state index in [4.69, 9.17) is 5.73 Å². The van der Waals surface area contributed by atoms with Gasteiger partial charge in [-0.3, -0.25) is 0 Å². The molecule has 0 aliphatic heterocycles. The van der Waals surface area contributed by atoms with Gasteiger partial charge in [0, 0.05) is 17.5 Å². The number of halogens is 2. The Morgan fingerprint density at radius 2 is 2.29 bits per heavy atom. The quantitative estimate of drug-likeness (QED) is 0.915. The van der Waals surface area contributed by atoms with Gasteiger partial charge in [-0.25, -0.2) is 4.39 Å². The average Bonchev–Trinajstić information content (AvgIpc) is 2.20. The summed E-state index contributed by atoms with van der Waals surface area (Å²) in [6.45, 7) is 2.72. The predicted octanol–water partition coefficient (Wildman–Crippen LogP) is 3.17. The van der Waals surface area contributed by atoms with E-state index in [2.05, 4.69) is 22.9 Å². The van der Waals surface area contributed by atoms with Gasteiger partial charge in [0.1, 0.15) is 5.82 Å². The van der Waals surface area contributed by atoms with Gasteiger partial charge >= 0.3 is 0 Å². The zero-order chi connectivity index (χ0) is 10.6. The summed E-state index contributed by atoms with van der Waals surface area (Å²) in [5, 5.41) is 0.408. The number of hydrogen-bond donors (Lipinski definition) is 1. The molecule has 0 saturated carbocycles. The molecule has 0 aromatic heterocycles. The van der Waals surface area contributed by atoms with Crippen LogP contribution >= 0.6 is 27.7 Å². The zero-order valence-electron chi connectivity index (χ0n) is 7.97. The van der Waals surface area contributed by atoms with Crippen LogP contribution in [0.15, 0.2) is 22.7 Å². The molecule has 1 aromatic rings. The van der Waals surface area contributed by atoms with Crippen LogP contribution in [-0.2, 0) is 5.75 Å². The van der Waals surface area contributed by atoms with E-state index in [0.717, 1.165) is 11.3 Å². The monoisotopic (exact) mass is 277 g/mol. The minimum absolute atomic E-state index is 0.205. The Labute approximate surface area is 96.4 Å². The summed E-state index contributed by atoms with van der Waals surface area (Å²) in [5.74, 6) is 0.583. The Hall–Kier alpha value is -0.0600. The number of thioether (sulfide) groups is 1. The van der Waals surface area contributed by atoms with Crippen LogP contribution < -0.4 is 5.73 Å². The molecule has 0 heterocycles. The molecule has 0 saturated heterocycles. The summed E-state index contributed by atoms with van der Waals surface area (Å²) < 4.78 is 13.7. The van der Waals surface area contributed by atoms with Crippen molar-refractivity contribution >= 4 is 27.7 Å². The molecular formula is C10H13BrFNS. The molecule has 2 N–H and O–H groups in total. The second-order valence-electron chi connectivity index (χ2n) is 3.07. The normalized spacial score (nSPS) is 12.9. The second kappa shape index (κ2) is 5.73. The van der Waals surface area contributed by atoms with E-state index >= 15 is 0 Å². The summed E-state index contributed by atoms with van der Waals surface area (Å²) >= 11 is 4.96. The third-order valence-electron chi connectivity index (χ3n) is 1.89. The van der Waals surface area contributed by atoms with Gasteiger partial charge in [0.2, 0.25) is 0 Å². The Morgan fingerprint density at radius 1 is 1.57 bits per heavy atom. The number of benzene rings is 1. The molecule has 0 aliphatic carbocycles. The fourth-order valence-corrected chi connectivity index (χ4v) is 2.39. The van der Waals surface area contributed by atoms with Crippen molar-refractivity contribution in [3.05, 3.63) is 34.1 Å². The van der Waals surface area contributed by atoms with Crippen LogP contribution in [0, 0.1) is 5.82 Å². The number of hydrogen-bond acceptors (Lipinski definition) is 2. The Morgan fingerprint density at radius 3 is 2.93 bits per heavy atom. The molecular weight excluding hydrogens is 265 g/mol. The van der Waals surface area contributed by atoms with Crippen molar-refractivity contribution in [2.75, 3.05) is 6.54 Å². The Balaban J connectivity index is 2.63. The van der Waals surface area contributed by atoms with Gasteiger partial charge in [-0.05, 0) is 27.6 Å². The largest absolute Gasteiger partial charge is 0.329 e. The third-order valence-corrected chi connectivity index (χ3v) is 4.01. The highest BCUT2D eigenvalue weighted by molar-refractivity contribution is 9.10. The van der Waals surface area contributed by atoms with Gasteiger partial charge in [0.15, 0.2) is 0 Å². The summed E-state index contributed by atoms with van der Waals surface area (Å²) in [5.41, 5.74) is 6.48. The van der Waals surface area contributed by atoms with Crippen LogP contribution in [0.2, 0.25) is 0 Å². The lowest BCUT2D eigenvalue weighted by atomic mass is 10.2. The first kappa shape index (κ1) is 12.0. The fourth-order valence-electron chi connectivity index (χ4n) is 0.960. The van der Waals surface area contributed by atoms with Crippen molar-refractivity contribution in [1.29, 1.82) is 0 Å². The van der Waals surface area contributed by atoms with E-state index in [-0.39, 0.29) is 5.82 Å². The predicted molar refractivity (Wildman–Crippen MR) is 63.9 cm³/mol. The first-order valence-corrected chi connectivity index (χ1v) is 6.24. The zero-order valence-corrected chi connectivity index (χ0v) is 10.4. The Bertz CT molecular complexity index is 306. The van der Waals surface area contributed by atoms with E-state index in [1.54, 1.807) is 17.8 Å². The molecule has 4 heteroatoms. The van der Waals surface area contributed by atoms with Crippen LogP contribution in [0.1, 0.15) is 12.5 Å². The average molecular weight is 278 g/mol. The summed E-state index contributed by atoms with van der Waals surface area (Å²) in [4.78, 5) is 0. The topological polar surface area (TPSA) is 26.0 Å². The molecule has 0 bridgehead atoms. The molecule has 0 radical (unpaired) electrons.